The molecular weight excluding hydrogens is 283 g/mol. The molecule has 0 radical (unpaired) electrons. The molecule has 0 aromatic heterocycles. The highest BCUT2D eigenvalue weighted by Gasteiger charge is 2.18. The predicted octanol–water partition coefficient (Wildman–Crippen LogP) is 0.936. The van der Waals surface area contributed by atoms with Gasteiger partial charge in [-0.05, 0) is 52.2 Å². The maximum absolute atomic E-state index is 13.2. The van der Waals surface area contributed by atoms with Crippen LogP contribution >= 0.6 is 0 Å². The van der Waals surface area contributed by atoms with E-state index in [1.54, 1.807) is 6.92 Å². The summed E-state index contributed by atoms with van der Waals surface area (Å²) in [7, 11) is 0.120. The van der Waals surface area contributed by atoms with Gasteiger partial charge in [0, 0.05) is 11.6 Å². The van der Waals surface area contributed by atoms with Crippen molar-refractivity contribution in [2.45, 2.75) is 30.9 Å². The number of halogens is 1. The Labute approximate surface area is 119 Å². The zero-order valence-corrected chi connectivity index (χ0v) is 12.7. The van der Waals surface area contributed by atoms with Gasteiger partial charge in [-0.25, -0.2) is 17.5 Å². The maximum atomic E-state index is 13.2. The molecule has 1 aromatic rings. The molecule has 0 amide bonds. The Bertz CT molecular complexity index is 547. The Morgan fingerprint density at radius 3 is 2.60 bits per heavy atom. The van der Waals surface area contributed by atoms with Gasteiger partial charge < -0.3 is 10.0 Å². The fourth-order valence-electron chi connectivity index (χ4n) is 1.68. The van der Waals surface area contributed by atoms with Crippen molar-refractivity contribution in [1.29, 1.82) is 0 Å². The Balaban J connectivity index is 2.83. The lowest BCUT2D eigenvalue weighted by Crippen LogP contribution is -2.34. The van der Waals surface area contributed by atoms with Gasteiger partial charge in [0.15, 0.2) is 0 Å². The fraction of sp³-hybridized carbons (Fsp3) is 0.538. The number of hydrogen-bond donors (Lipinski definition) is 2. The van der Waals surface area contributed by atoms with E-state index < -0.39 is 22.4 Å². The summed E-state index contributed by atoms with van der Waals surface area (Å²) in [5.74, 6) is -0.618. The molecule has 0 spiro atoms. The minimum Gasteiger partial charge on any atom is -0.392 e. The van der Waals surface area contributed by atoms with Crippen LogP contribution in [0.2, 0.25) is 0 Å². The van der Waals surface area contributed by atoms with Gasteiger partial charge in [0.05, 0.1) is 11.5 Å². The molecular formula is C13H21FN2O3S. The normalized spacial score (nSPS) is 13.7. The molecule has 0 aliphatic heterocycles. The fourth-order valence-corrected chi connectivity index (χ4v) is 3.01. The number of aliphatic hydroxyl groups excluding tert-OH is 1. The van der Waals surface area contributed by atoms with Gasteiger partial charge in [-0.1, -0.05) is 0 Å². The van der Waals surface area contributed by atoms with Gasteiger partial charge in [0.2, 0.25) is 10.0 Å². The number of sulfonamides is 1. The second-order valence-corrected chi connectivity index (χ2v) is 6.74. The van der Waals surface area contributed by atoms with Crippen LogP contribution < -0.4 is 4.72 Å². The topological polar surface area (TPSA) is 69.6 Å². The average molecular weight is 304 g/mol. The SMILES string of the molecule is CC(CCN(C)C)NS(=O)(=O)c1ccc(F)c(CO)c1. The zero-order chi connectivity index (χ0) is 15.3. The molecule has 5 nitrogen and oxygen atoms in total. The lowest BCUT2D eigenvalue weighted by molar-refractivity contribution is 0.275. The quantitative estimate of drug-likeness (QED) is 0.786. The molecule has 114 valence electrons. The van der Waals surface area contributed by atoms with Gasteiger partial charge in [-0.15, -0.1) is 0 Å². The Morgan fingerprint density at radius 1 is 1.40 bits per heavy atom. The van der Waals surface area contributed by atoms with Crippen molar-refractivity contribution < 1.29 is 17.9 Å². The van der Waals surface area contributed by atoms with Crippen LogP contribution in [0.3, 0.4) is 0 Å². The van der Waals surface area contributed by atoms with Crippen molar-refractivity contribution in [3.8, 4) is 0 Å². The van der Waals surface area contributed by atoms with E-state index in [1.165, 1.54) is 6.07 Å². The highest BCUT2D eigenvalue weighted by Crippen LogP contribution is 2.15. The monoisotopic (exact) mass is 304 g/mol. The number of benzene rings is 1. The lowest BCUT2D eigenvalue weighted by atomic mass is 10.2. The zero-order valence-electron chi connectivity index (χ0n) is 11.9. The van der Waals surface area contributed by atoms with Crippen LogP contribution in [0, 0.1) is 5.82 Å². The average Bonchev–Trinajstić information content (AvgIpc) is 2.36. The van der Waals surface area contributed by atoms with E-state index in [2.05, 4.69) is 4.72 Å². The molecule has 1 aromatic carbocycles. The van der Waals surface area contributed by atoms with Crippen LogP contribution in [0.25, 0.3) is 0 Å². The second kappa shape index (κ2) is 7.12. The van der Waals surface area contributed by atoms with Crippen molar-refractivity contribution in [1.82, 2.24) is 9.62 Å². The molecule has 7 heteroatoms. The lowest BCUT2D eigenvalue weighted by Gasteiger charge is -2.17. The smallest absolute Gasteiger partial charge is 0.240 e. The van der Waals surface area contributed by atoms with E-state index in [-0.39, 0.29) is 16.5 Å². The van der Waals surface area contributed by atoms with Crippen molar-refractivity contribution >= 4 is 10.0 Å². The summed E-state index contributed by atoms with van der Waals surface area (Å²) < 4.78 is 40.1. The molecule has 0 fully saturated rings. The summed E-state index contributed by atoms with van der Waals surface area (Å²) in [4.78, 5) is 1.92. The molecule has 0 saturated heterocycles. The van der Waals surface area contributed by atoms with Crippen molar-refractivity contribution in [3.63, 3.8) is 0 Å². The molecule has 0 aliphatic carbocycles. The van der Waals surface area contributed by atoms with Crippen LogP contribution in [0.5, 0.6) is 0 Å². The second-order valence-electron chi connectivity index (χ2n) is 5.03. The van der Waals surface area contributed by atoms with Crippen molar-refractivity contribution in [2.24, 2.45) is 0 Å². The first kappa shape index (κ1) is 17.0. The Hall–Kier alpha value is -1.02. The molecule has 0 aliphatic rings. The first-order chi connectivity index (χ1) is 9.26. The van der Waals surface area contributed by atoms with E-state index in [0.29, 0.717) is 6.42 Å². The summed E-state index contributed by atoms with van der Waals surface area (Å²) >= 11 is 0. The molecule has 0 saturated carbocycles. The molecule has 1 rings (SSSR count). The minimum atomic E-state index is -3.70. The van der Waals surface area contributed by atoms with Gasteiger partial charge in [0.1, 0.15) is 5.82 Å². The molecule has 1 unspecified atom stereocenters. The predicted molar refractivity (Wildman–Crippen MR) is 75.3 cm³/mol. The van der Waals surface area contributed by atoms with Crippen LogP contribution in [-0.2, 0) is 16.6 Å². The number of rotatable bonds is 7. The molecule has 1 atom stereocenters. The van der Waals surface area contributed by atoms with Crippen molar-refractivity contribution in [3.05, 3.63) is 29.6 Å². The van der Waals surface area contributed by atoms with Gasteiger partial charge in [-0.2, -0.15) is 0 Å². The van der Waals surface area contributed by atoms with Crippen LogP contribution in [-0.4, -0.2) is 45.1 Å². The maximum Gasteiger partial charge on any atom is 0.240 e. The molecule has 0 bridgehead atoms. The number of nitrogens with one attached hydrogen (secondary N) is 1. The minimum absolute atomic E-state index is 0.0335. The highest BCUT2D eigenvalue weighted by atomic mass is 32.2. The largest absolute Gasteiger partial charge is 0.392 e. The van der Waals surface area contributed by atoms with Crippen LogP contribution in [0.15, 0.2) is 23.1 Å². The number of hydrogen-bond acceptors (Lipinski definition) is 4. The summed E-state index contributed by atoms with van der Waals surface area (Å²) in [6.07, 6.45) is 0.667. The summed E-state index contributed by atoms with van der Waals surface area (Å²) in [6.45, 7) is 2.00. The third kappa shape index (κ3) is 4.82. The third-order valence-electron chi connectivity index (χ3n) is 2.86. The summed E-state index contributed by atoms with van der Waals surface area (Å²) in [6, 6.07) is 3.15. The van der Waals surface area contributed by atoms with Crippen molar-refractivity contribution in [2.75, 3.05) is 20.6 Å². The highest BCUT2D eigenvalue weighted by molar-refractivity contribution is 7.89. The first-order valence-electron chi connectivity index (χ1n) is 6.32. The van der Waals surface area contributed by atoms with E-state index in [1.807, 2.05) is 19.0 Å². The molecule has 2 N–H and O–H groups in total. The first-order valence-corrected chi connectivity index (χ1v) is 7.81. The number of nitrogens with zero attached hydrogens (tertiary/aromatic N) is 1. The number of aliphatic hydroxyl groups is 1. The third-order valence-corrected chi connectivity index (χ3v) is 4.45. The van der Waals surface area contributed by atoms with E-state index in [9.17, 15) is 12.8 Å². The van der Waals surface area contributed by atoms with Crippen LogP contribution in [0.4, 0.5) is 4.39 Å². The standard InChI is InChI=1S/C13H21FN2O3S/c1-10(6-7-16(2)3)15-20(18,19)12-4-5-13(14)11(8-12)9-17/h4-5,8,10,15,17H,6-7,9H2,1-3H3. The van der Waals surface area contributed by atoms with Gasteiger partial charge >= 0.3 is 0 Å². The van der Waals surface area contributed by atoms with Gasteiger partial charge in [-0.3, -0.25) is 0 Å². The summed E-state index contributed by atoms with van der Waals surface area (Å²) in [5, 5.41) is 8.98. The van der Waals surface area contributed by atoms with Gasteiger partial charge in [0.25, 0.3) is 0 Å². The Kier molecular flexibility index (Phi) is 6.07. The van der Waals surface area contributed by atoms with E-state index >= 15 is 0 Å². The molecule has 0 heterocycles. The summed E-state index contributed by atoms with van der Waals surface area (Å²) in [5.41, 5.74) is -0.0335. The van der Waals surface area contributed by atoms with E-state index in [0.717, 1.165) is 18.7 Å². The Morgan fingerprint density at radius 2 is 2.05 bits per heavy atom. The molecule has 20 heavy (non-hydrogen) atoms. The van der Waals surface area contributed by atoms with Crippen LogP contribution in [0.1, 0.15) is 18.9 Å². The van der Waals surface area contributed by atoms with E-state index in [4.69, 9.17) is 5.11 Å².